The summed E-state index contributed by atoms with van der Waals surface area (Å²) in [4.78, 5) is 4.50. The molecule has 0 saturated heterocycles. The molecule has 3 nitrogen and oxygen atoms in total. The maximum absolute atomic E-state index is 4.50. The van der Waals surface area contributed by atoms with Crippen LogP contribution in [0.5, 0.6) is 0 Å². The topological polar surface area (TPSA) is 30.7 Å². The molecule has 17 heavy (non-hydrogen) atoms. The van der Waals surface area contributed by atoms with E-state index in [9.17, 15) is 0 Å². The lowest BCUT2D eigenvalue weighted by atomic mass is 10.1. The Hall–Kier alpha value is -2.16. The van der Waals surface area contributed by atoms with Gasteiger partial charge in [0, 0.05) is 30.4 Å². The molecule has 0 spiro atoms. The molecule has 2 aromatic heterocycles. The monoisotopic (exact) mass is 223 g/mol. The van der Waals surface area contributed by atoms with Crippen molar-refractivity contribution >= 4 is 10.8 Å². The van der Waals surface area contributed by atoms with Gasteiger partial charge in [-0.25, -0.2) is 0 Å². The number of hydrogen-bond acceptors (Lipinski definition) is 2. The van der Waals surface area contributed by atoms with Crippen LogP contribution in [0.4, 0.5) is 0 Å². The second-order valence-corrected chi connectivity index (χ2v) is 4.27. The number of rotatable bonds is 1. The highest BCUT2D eigenvalue weighted by Gasteiger charge is 2.04. The largest absolute Gasteiger partial charge is 0.275 e. The summed E-state index contributed by atoms with van der Waals surface area (Å²) in [7, 11) is 1.91. The molecule has 84 valence electrons. The fourth-order valence-corrected chi connectivity index (χ4v) is 2.04. The van der Waals surface area contributed by atoms with Crippen molar-refractivity contribution in [2.45, 2.75) is 6.92 Å². The molecule has 0 aliphatic heterocycles. The Balaban J connectivity index is 2.20. The third kappa shape index (κ3) is 1.69. The first kappa shape index (κ1) is 10.0. The Kier molecular flexibility index (Phi) is 2.18. The number of nitrogens with zero attached hydrogens (tertiary/aromatic N) is 3. The van der Waals surface area contributed by atoms with Crippen LogP contribution in [0.1, 0.15) is 5.56 Å². The Bertz CT molecular complexity index is 683. The molecule has 0 N–H and O–H groups in total. The summed E-state index contributed by atoms with van der Waals surface area (Å²) < 4.78 is 1.79. The van der Waals surface area contributed by atoms with Gasteiger partial charge in [-0.3, -0.25) is 9.67 Å². The summed E-state index contributed by atoms with van der Waals surface area (Å²) in [6.45, 7) is 2.10. The fourth-order valence-electron chi connectivity index (χ4n) is 2.04. The van der Waals surface area contributed by atoms with Crippen molar-refractivity contribution in [3.63, 3.8) is 0 Å². The van der Waals surface area contributed by atoms with E-state index in [1.54, 1.807) is 4.68 Å². The van der Waals surface area contributed by atoms with Crippen molar-refractivity contribution in [3.05, 3.63) is 48.4 Å². The molecule has 3 aromatic rings. The SMILES string of the molecule is Cc1cccc2cc(-c3cnn(C)c3)ncc12. The smallest absolute Gasteiger partial charge is 0.0739 e. The van der Waals surface area contributed by atoms with Crippen LogP contribution in [0, 0.1) is 6.92 Å². The highest BCUT2D eigenvalue weighted by molar-refractivity contribution is 5.87. The molecule has 3 rings (SSSR count). The minimum absolute atomic E-state index is 0.969. The maximum Gasteiger partial charge on any atom is 0.0739 e. The molecule has 0 aliphatic rings. The van der Waals surface area contributed by atoms with E-state index < -0.39 is 0 Å². The minimum atomic E-state index is 0.969. The van der Waals surface area contributed by atoms with Gasteiger partial charge in [-0.2, -0.15) is 5.10 Å². The molecule has 0 aliphatic carbocycles. The van der Waals surface area contributed by atoms with E-state index in [1.807, 2.05) is 25.6 Å². The highest BCUT2D eigenvalue weighted by atomic mass is 15.2. The van der Waals surface area contributed by atoms with Gasteiger partial charge in [0.05, 0.1) is 11.9 Å². The Morgan fingerprint density at radius 1 is 1.18 bits per heavy atom. The molecule has 0 saturated carbocycles. The van der Waals surface area contributed by atoms with Crippen LogP contribution in [0.3, 0.4) is 0 Å². The fraction of sp³-hybridized carbons (Fsp3) is 0.143. The number of aryl methyl sites for hydroxylation is 2. The van der Waals surface area contributed by atoms with Gasteiger partial charge >= 0.3 is 0 Å². The molecule has 0 amide bonds. The summed E-state index contributed by atoms with van der Waals surface area (Å²) in [5, 5.41) is 6.60. The van der Waals surface area contributed by atoms with Gasteiger partial charge in [0.1, 0.15) is 0 Å². The Labute approximate surface area is 99.7 Å². The van der Waals surface area contributed by atoms with E-state index in [0.29, 0.717) is 0 Å². The number of fused-ring (bicyclic) bond motifs is 1. The second-order valence-electron chi connectivity index (χ2n) is 4.27. The van der Waals surface area contributed by atoms with Crippen LogP contribution in [-0.2, 0) is 7.05 Å². The van der Waals surface area contributed by atoms with Crippen molar-refractivity contribution in [2.24, 2.45) is 7.05 Å². The normalized spacial score (nSPS) is 10.9. The van der Waals surface area contributed by atoms with E-state index in [4.69, 9.17) is 0 Å². The first-order valence-electron chi connectivity index (χ1n) is 5.58. The molecule has 0 bridgehead atoms. The first-order valence-corrected chi connectivity index (χ1v) is 5.58. The maximum atomic E-state index is 4.50. The van der Waals surface area contributed by atoms with Gasteiger partial charge in [-0.15, -0.1) is 0 Å². The van der Waals surface area contributed by atoms with Crippen LogP contribution in [0.15, 0.2) is 42.9 Å². The molecule has 0 unspecified atom stereocenters. The summed E-state index contributed by atoms with van der Waals surface area (Å²) in [6.07, 6.45) is 5.75. The van der Waals surface area contributed by atoms with Crippen molar-refractivity contribution in [2.75, 3.05) is 0 Å². The van der Waals surface area contributed by atoms with Crippen molar-refractivity contribution in [1.29, 1.82) is 0 Å². The summed E-state index contributed by atoms with van der Waals surface area (Å²) in [5.41, 5.74) is 3.28. The number of hydrogen-bond donors (Lipinski definition) is 0. The number of aromatic nitrogens is 3. The van der Waals surface area contributed by atoms with Gasteiger partial charge in [0.15, 0.2) is 0 Å². The third-order valence-electron chi connectivity index (χ3n) is 2.98. The molecule has 0 atom stereocenters. The van der Waals surface area contributed by atoms with Crippen LogP contribution in [0.2, 0.25) is 0 Å². The van der Waals surface area contributed by atoms with Crippen LogP contribution >= 0.6 is 0 Å². The Morgan fingerprint density at radius 3 is 2.82 bits per heavy atom. The quantitative estimate of drug-likeness (QED) is 0.635. The van der Waals surface area contributed by atoms with Gasteiger partial charge < -0.3 is 0 Å². The zero-order valence-electron chi connectivity index (χ0n) is 9.88. The summed E-state index contributed by atoms with van der Waals surface area (Å²) >= 11 is 0. The van der Waals surface area contributed by atoms with Crippen LogP contribution < -0.4 is 0 Å². The molecule has 2 heterocycles. The van der Waals surface area contributed by atoms with Gasteiger partial charge in [0.25, 0.3) is 0 Å². The summed E-state index contributed by atoms with van der Waals surface area (Å²) in [5.74, 6) is 0. The lowest BCUT2D eigenvalue weighted by molar-refractivity contribution is 0.768. The highest BCUT2D eigenvalue weighted by Crippen LogP contribution is 2.23. The van der Waals surface area contributed by atoms with E-state index in [-0.39, 0.29) is 0 Å². The van der Waals surface area contributed by atoms with Gasteiger partial charge in [-0.05, 0) is 23.9 Å². The molecular formula is C14H13N3. The minimum Gasteiger partial charge on any atom is -0.275 e. The summed E-state index contributed by atoms with van der Waals surface area (Å²) in [6, 6.07) is 8.40. The predicted octanol–water partition coefficient (Wildman–Crippen LogP) is 2.94. The van der Waals surface area contributed by atoms with Crippen molar-refractivity contribution in [3.8, 4) is 11.3 Å². The van der Waals surface area contributed by atoms with Gasteiger partial charge in [-0.1, -0.05) is 18.2 Å². The zero-order chi connectivity index (χ0) is 11.8. The average molecular weight is 223 g/mol. The first-order chi connectivity index (χ1) is 8.24. The molecule has 3 heteroatoms. The lowest BCUT2D eigenvalue weighted by Crippen LogP contribution is -1.86. The predicted molar refractivity (Wildman–Crippen MR) is 68.7 cm³/mol. The lowest BCUT2D eigenvalue weighted by Gasteiger charge is -2.03. The van der Waals surface area contributed by atoms with Crippen molar-refractivity contribution in [1.82, 2.24) is 14.8 Å². The average Bonchev–Trinajstić information content (AvgIpc) is 2.76. The number of benzene rings is 1. The van der Waals surface area contributed by atoms with E-state index >= 15 is 0 Å². The molecule has 0 fully saturated rings. The standard InChI is InChI=1S/C14H13N3/c1-10-4-3-5-11-6-14(15-8-13(10)11)12-7-16-17(2)9-12/h3-9H,1-2H3. The van der Waals surface area contributed by atoms with E-state index in [1.165, 1.54) is 16.3 Å². The zero-order valence-corrected chi connectivity index (χ0v) is 9.88. The van der Waals surface area contributed by atoms with Gasteiger partial charge in [0.2, 0.25) is 0 Å². The second kappa shape index (κ2) is 3.70. The van der Waals surface area contributed by atoms with Crippen molar-refractivity contribution < 1.29 is 0 Å². The van der Waals surface area contributed by atoms with Crippen LogP contribution in [0.25, 0.3) is 22.0 Å². The van der Waals surface area contributed by atoms with Crippen LogP contribution in [-0.4, -0.2) is 14.8 Å². The van der Waals surface area contributed by atoms with E-state index in [2.05, 4.69) is 41.3 Å². The Morgan fingerprint density at radius 2 is 2.06 bits per heavy atom. The third-order valence-corrected chi connectivity index (χ3v) is 2.98. The number of pyridine rings is 1. The van der Waals surface area contributed by atoms with E-state index in [0.717, 1.165) is 11.3 Å². The molecule has 1 aromatic carbocycles. The molecule has 0 radical (unpaired) electrons. The molecular weight excluding hydrogens is 210 g/mol.